The van der Waals surface area contributed by atoms with Gasteiger partial charge in [0.2, 0.25) is 15.1 Å². The van der Waals surface area contributed by atoms with Gasteiger partial charge in [-0.25, -0.2) is 12.8 Å². The Morgan fingerprint density at radius 1 is 1.19 bits per heavy atom. The van der Waals surface area contributed by atoms with E-state index in [0.29, 0.717) is 21.9 Å². The van der Waals surface area contributed by atoms with E-state index in [9.17, 15) is 17.6 Å². The molecule has 0 unspecified atom stereocenters. The molecule has 0 radical (unpaired) electrons. The number of carbonyl (C=O) groups excluding carboxylic acids is 1. The smallest absolute Gasteiger partial charge is 0.244 e. The molecule has 0 N–H and O–H groups in total. The molecule has 27 heavy (non-hydrogen) atoms. The van der Waals surface area contributed by atoms with Crippen LogP contribution in [0.1, 0.15) is 18.5 Å². The first-order valence-corrected chi connectivity index (χ1v) is 11.0. The SMILES string of the molecule is CCSC(=O)C1=CCN(S(=O)(=O)c2ccc(Cl)cc2)[C@H]1c1ccc(F)cc1. The maximum absolute atomic E-state index is 13.4. The maximum Gasteiger partial charge on any atom is 0.244 e. The highest BCUT2D eigenvalue weighted by molar-refractivity contribution is 8.14. The van der Waals surface area contributed by atoms with E-state index in [4.69, 9.17) is 11.6 Å². The Labute approximate surface area is 167 Å². The average molecular weight is 426 g/mol. The van der Waals surface area contributed by atoms with E-state index in [1.807, 2.05) is 6.92 Å². The van der Waals surface area contributed by atoms with Gasteiger partial charge in [0.15, 0.2) is 0 Å². The van der Waals surface area contributed by atoms with Gasteiger partial charge in [0.25, 0.3) is 0 Å². The first-order chi connectivity index (χ1) is 12.8. The van der Waals surface area contributed by atoms with Crippen LogP contribution in [0, 0.1) is 5.82 Å². The van der Waals surface area contributed by atoms with Gasteiger partial charge in [-0.1, -0.05) is 48.5 Å². The van der Waals surface area contributed by atoms with E-state index in [1.165, 1.54) is 52.8 Å². The summed E-state index contributed by atoms with van der Waals surface area (Å²) >= 11 is 6.98. The lowest BCUT2D eigenvalue weighted by molar-refractivity contribution is -0.108. The largest absolute Gasteiger partial charge is 0.282 e. The van der Waals surface area contributed by atoms with Crippen LogP contribution in [-0.4, -0.2) is 30.1 Å². The Morgan fingerprint density at radius 3 is 2.41 bits per heavy atom. The van der Waals surface area contributed by atoms with Crippen LogP contribution in [0.15, 0.2) is 65.1 Å². The highest BCUT2D eigenvalue weighted by atomic mass is 35.5. The number of hydrogen-bond acceptors (Lipinski definition) is 4. The van der Waals surface area contributed by atoms with Crippen molar-refractivity contribution in [2.45, 2.75) is 17.9 Å². The van der Waals surface area contributed by atoms with Crippen LogP contribution in [-0.2, 0) is 14.8 Å². The number of hydrogen-bond donors (Lipinski definition) is 0. The molecule has 4 nitrogen and oxygen atoms in total. The lowest BCUT2D eigenvalue weighted by Crippen LogP contribution is -2.33. The number of rotatable bonds is 5. The third-order valence-electron chi connectivity index (χ3n) is 4.19. The Hall–Kier alpha value is -1.67. The summed E-state index contributed by atoms with van der Waals surface area (Å²) in [6, 6.07) is 10.6. The van der Waals surface area contributed by atoms with Crippen molar-refractivity contribution in [3.8, 4) is 0 Å². The molecule has 2 aromatic carbocycles. The molecule has 1 aliphatic rings. The Morgan fingerprint density at radius 2 is 1.81 bits per heavy atom. The minimum absolute atomic E-state index is 0.0678. The number of benzene rings is 2. The Balaban J connectivity index is 2.05. The van der Waals surface area contributed by atoms with Crippen molar-refractivity contribution in [3.05, 3.63) is 76.6 Å². The molecule has 1 aliphatic heterocycles. The zero-order chi connectivity index (χ0) is 19.6. The molecule has 0 fully saturated rings. The summed E-state index contributed by atoms with van der Waals surface area (Å²) in [5.41, 5.74) is 0.939. The van der Waals surface area contributed by atoms with Gasteiger partial charge in [-0.05, 0) is 47.7 Å². The first-order valence-electron chi connectivity index (χ1n) is 8.24. The Bertz CT molecular complexity index is 973. The van der Waals surface area contributed by atoms with Gasteiger partial charge in [-0.2, -0.15) is 4.31 Å². The monoisotopic (exact) mass is 425 g/mol. The molecule has 0 saturated heterocycles. The molecule has 0 amide bonds. The molecule has 0 spiro atoms. The minimum atomic E-state index is -3.88. The standard InChI is InChI=1S/C19H17ClFNO3S2/c1-2-26-19(23)17-11-12-22(18(17)13-3-7-15(21)8-4-13)27(24,25)16-9-5-14(20)6-10-16/h3-11,18H,2,12H2,1H3/t18-/m0/s1. The van der Waals surface area contributed by atoms with Crippen molar-refractivity contribution in [3.63, 3.8) is 0 Å². The van der Waals surface area contributed by atoms with Crippen molar-refractivity contribution in [2.75, 3.05) is 12.3 Å². The molecule has 8 heteroatoms. The number of halogens is 2. The molecule has 1 heterocycles. The van der Waals surface area contributed by atoms with Gasteiger partial charge in [0.1, 0.15) is 5.82 Å². The summed E-state index contributed by atoms with van der Waals surface area (Å²) in [6.07, 6.45) is 1.63. The second-order valence-corrected chi connectivity index (χ2v) is 9.43. The van der Waals surface area contributed by atoms with Crippen molar-refractivity contribution in [1.82, 2.24) is 4.31 Å². The van der Waals surface area contributed by atoms with Crippen molar-refractivity contribution in [1.29, 1.82) is 0 Å². The summed E-state index contributed by atoms with van der Waals surface area (Å²) in [7, 11) is -3.88. The van der Waals surface area contributed by atoms with Gasteiger partial charge >= 0.3 is 0 Å². The summed E-state index contributed by atoms with van der Waals surface area (Å²) in [5.74, 6) is 0.152. The quantitative estimate of drug-likeness (QED) is 0.711. The average Bonchev–Trinajstić information content (AvgIpc) is 3.09. The molecule has 0 saturated carbocycles. The molecular weight excluding hydrogens is 409 g/mol. The lowest BCUT2D eigenvalue weighted by atomic mass is 10.0. The van der Waals surface area contributed by atoms with E-state index < -0.39 is 21.9 Å². The van der Waals surface area contributed by atoms with Gasteiger partial charge in [0, 0.05) is 17.1 Å². The molecular formula is C19H17ClFNO3S2. The van der Waals surface area contributed by atoms with Crippen LogP contribution in [0.25, 0.3) is 0 Å². The third-order valence-corrected chi connectivity index (χ3v) is 7.07. The molecule has 0 bridgehead atoms. The summed E-state index contributed by atoms with van der Waals surface area (Å²) in [5, 5.41) is 0.249. The second-order valence-electron chi connectivity index (χ2n) is 5.86. The van der Waals surface area contributed by atoms with Gasteiger partial charge < -0.3 is 0 Å². The van der Waals surface area contributed by atoms with E-state index in [-0.39, 0.29) is 16.6 Å². The zero-order valence-corrected chi connectivity index (χ0v) is 16.8. The number of nitrogens with zero attached hydrogens (tertiary/aromatic N) is 1. The number of sulfonamides is 1. The van der Waals surface area contributed by atoms with Crippen molar-refractivity contribution < 1.29 is 17.6 Å². The van der Waals surface area contributed by atoms with E-state index >= 15 is 0 Å². The molecule has 3 rings (SSSR count). The lowest BCUT2D eigenvalue weighted by Gasteiger charge is -2.26. The normalized spacial score (nSPS) is 17.7. The molecule has 2 aromatic rings. The van der Waals surface area contributed by atoms with Crippen LogP contribution in [0.3, 0.4) is 0 Å². The predicted octanol–water partition coefficient (Wildman–Crippen LogP) is 4.43. The summed E-state index contributed by atoms with van der Waals surface area (Å²) in [6.45, 7) is 1.92. The number of thioether (sulfide) groups is 1. The van der Waals surface area contributed by atoms with Crippen molar-refractivity contribution >= 4 is 38.5 Å². The van der Waals surface area contributed by atoms with Gasteiger partial charge in [-0.15, -0.1) is 0 Å². The van der Waals surface area contributed by atoms with Crippen LogP contribution in [0.4, 0.5) is 4.39 Å². The highest BCUT2D eigenvalue weighted by Crippen LogP contribution is 2.39. The topological polar surface area (TPSA) is 54.5 Å². The van der Waals surface area contributed by atoms with Crippen LogP contribution in [0.5, 0.6) is 0 Å². The van der Waals surface area contributed by atoms with Gasteiger partial charge in [0.05, 0.1) is 10.9 Å². The van der Waals surface area contributed by atoms with Gasteiger partial charge in [-0.3, -0.25) is 4.79 Å². The molecule has 0 aliphatic carbocycles. The number of carbonyl (C=O) groups is 1. The highest BCUT2D eigenvalue weighted by Gasteiger charge is 2.40. The fourth-order valence-electron chi connectivity index (χ4n) is 2.94. The Kier molecular flexibility index (Phi) is 6.05. The fourth-order valence-corrected chi connectivity index (χ4v) is 5.22. The fraction of sp³-hybridized carbons (Fsp3) is 0.211. The van der Waals surface area contributed by atoms with E-state index in [2.05, 4.69) is 0 Å². The zero-order valence-electron chi connectivity index (χ0n) is 14.4. The molecule has 1 atom stereocenters. The van der Waals surface area contributed by atoms with Crippen LogP contribution >= 0.6 is 23.4 Å². The summed E-state index contributed by atoms with van der Waals surface area (Å²) in [4.78, 5) is 12.6. The maximum atomic E-state index is 13.4. The molecule has 142 valence electrons. The summed E-state index contributed by atoms with van der Waals surface area (Å²) < 4.78 is 41.0. The molecule has 0 aromatic heterocycles. The van der Waals surface area contributed by atoms with Crippen LogP contribution in [0.2, 0.25) is 5.02 Å². The van der Waals surface area contributed by atoms with E-state index in [1.54, 1.807) is 6.08 Å². The van der Waals surface area contributed by atoms with Crippen LogP contribution < -0.4 is 0 Å². The second kappa shape index (κ2) is 8.14. The minimum Gasteiger partial charge on any atom is -0.282 e. The third kappa shape index (κ3) is 4.11. The van der Waals surface area contributed by atoms with Crippen molar-refractivity contribution in [2.24, 2.45) is 0 Å². The predicted molar refractivity (Wildman–Crippen MR) is 106 cm³/mol. The van der Waals surface area contributed by atoms with E-state index in [0.717, 1.165) is 11.8 Å². The first kappa shape index (κ1) is 20.1.